The van der Waals surface area contributed by atoms with Crippen LogP contribution >= 0.6 is 0 Å². The minimum Gasteiger partial charge on any atom is -0.496 e. The molecule has 0 bridgehead atoms. The van der Waals surface area contributed by atoms with Crippen LogP contribution in [0.2, 0.25) is 0 Å². The molecule has 5 aliphatic rings. The number of anilines is 1. The zero-order valence-corrected chi connectivity index (χ0v) is 33.4. The van der Waals surface area contributed by atoms with E-state index in [9.17, 15) is 19.2 Å². The second-order valence-electron chi connectivity index (χ2n) is 16.5. The topological polar surface area (TPSA) is 117 Å². The second-order valence-corrected chi connectivity index (χ2v) is 16.5. The first-order valence-electron chi connectivity index (χ1n) is 20.1. The first-order chi connectivity index (χ1) is 27.3. The van der Waals surface area contributed by atoms with E-state index in [1.165, 1.54) is 0 Å². The number of halogens is 2. The van der Waals surface area contributed by atoms with E-state index < -0.39 is 29.8 Å². The number of ether oxygens (including phenoxy) is 2. The van der Waals surface area contributed by atoms with E-state index >= 15 is 8.78 Å². The number of carbonyl (C=O) groups excluding carboxylic acids is 3. The van der Waals surface area contributed by atoms with Crippen molar-refractivity contribution in [3.8, 4) is 22.6 Å². The third kappa shape index (κ3) is 7.25. The first kappa shape index (κ1) is 39.2. The fourth-order valence-corrected chi connectivity index (χ4v) is 9.76. The van der Waals surface area contributed by atoms with E-state index in [0.717, 1.165) is 46.2 Å². The molecule has 57 heavy (non-hydrogen) atoms. The van der Waals surface area contributed by atoms with Crippen LogP contribution in [0.5, 0.6) is 11.5 Å². The predicted octanol–water partition coefficient (Wildman–Crippen LogP) is 4.54. The molecule has 0 spiro atoms. The van der Waals surface area contributed by atoms with Crippen LogP contribution in [0.15, 0.2) is 41.3 Å². The zero-order chi connectivity index (χ0) is 40.3. The number of fused-ring (bicyclic) bond motifs is 1. The molecule has 1 aliphatic carbocycles. The lowest BCUT2D eigenvalue weighted by atomic mass is 9.93. The Kier molecular flexibility index (Phi) is 10.5. The summed E-state index contributed by atoms with van der Waals surface area (Å²) in [5.74, 6) is -2.84. The summed E-state index contributed by atoms with van der Waals surface area (Å²) in [5, 5.41) is 2.37. The van der Waals surface area contributed by atoms with Crippen LogP contribution in [0, 0.1) is 6.92 Å². The van der Waals surface area contributed by atoms with Crippen molar-refractivity contribution >= 4 is 23.4 Å². The molecule has 3 saturated heterocycles. The molecule has 1 aromatic heterocycles. The number of piperidine rings is 2. The Morgan fingerprint density at radius 2 is 1.58 bits per heavy atom. The Balaban J connectivity index is 0.921. The summed E-state index contributed by atoms with van der Waals surface area (Å²) in [6, 6.07) is 8.02. The molecule has 14 heteroatoms. The Bertz CT molecular complexity index is 2140. The SMILES string of the molecule is COc1cc(-c2cn(C)c(=O)c(C)c2C2CC2)cc(OC)c1CN1CCC(N2CCN(Cc3cccc4c3[C@@H](C)C(=O)N4C3CCC(=O)NC3=O)CC2)C(F)(F)C1. The normalized spacial score (nSPS) is 24.4. The Morgan fingerprint density at radius 1 is 0.877 bits per heavy atom. The molecule has 3 aromatic rings. The summed E-state index contributed by atoms with van der Waals surface area (Å²) in [6.07, 6.45) is 4.75. The van der Waals surface area contributed by atoms with Crippen molar-refractivity contribution in [2.45, 2.75) is 88.9 Å². The molecule has 3 atom stereocenters. The fourth-order valence-electron chi connectivity index (χ4n) is 9.76. The molecule has 4 fully saturated rings. The maximum Gasteiger partial charge on any atom is 0.275 e. The largest absolute Gasteiger partial charge is 0.496 e. The molecule has 0 radical (unpaired) electrons. The summed E-state index contributed by atoms with van der Waals surface area (Å²) < 4.78 is 45.6. The quantitative estimate of drug-likeness (QED) is 0.296. The van der Waals surface area contributed by atoms with Crippen molar-refractivity contribution in [3.05, 3.63) is 74.7 Å². The lowest BCUT2D eigenvalue weighted by molar-refractivity contribution is -0.136. The fraction of sp³-hybridized carbons (Fsp3) is 0.535. The van der Waals surface area contributed by atoms with Crippen LogP contribution in [0.1, 0.15) is 78.7 Å². The van der Waals surface area contributed by atoms with Gasteiger partial charge in [0.25, 0.3) is 11.5 Å². The summed E-state index contributed by atoms with van der Waals surface area (Å²) in [4.78, 5) is 58.3. The second kappa shape index (κ2) is 15.3. The standard InChI is InChI=1S/C43H52F2N6O6/c1-25-38(27-9-10-27)30(22-47(3)41(25)54)29-19-34(56-4)31(35(20-29)57-5)23-49-14-13-36(43(44,45)24-49)50-17-15-48(16-18-50)21-28-7-6-8-32-39(28)26(2)42(55)51(32)33-11-12-37(52)46-40(33)53/h6-8,19-20,22,26-27,33,36H,9-18,21,23-24H2,1-5H3,(H,46,52,53)/t26-,33?,36?/m1/s1. The highest BCUT2D eigenvalue weighted by atomic mass is 19.3. The van der Waals surface area contributed by atoms with Gasteiger partial charge in [0.1, 0.15) is 17.5 Å². The number of pyridine rings is 1. The maximum absolute atomic E-state index is 16.1. The molecule has 5 heterocycles. The maximum atomic E-state index is 16.1. The van der Waals surface area contributed by atoms with E-state index in [-0.39, 0.29) is 43.3 Å². The number of nitrogens with one attached hydrogen (secondary N) is 1. The number of carbonyl (C=O) groups is 3. The zero-order valence-electron chi connectivity index (χ0n) is 33.4. The highest BCUT2D eigenvalue weighted by Gasteiger charge is 2.48. The van der Waals surface area contributed by atoms with Crippen molar-refractivity contribution in [1.29, 1.82) is 0 Å². The first-order valence-corrected chi connectivity index (χ1v) is 20.1. The molecular weight excluding hydrogens is 735 g/mol. The van der Waals surface area contributed by atoms with Gasteiger partial charge in [-0.3, -0.25) is 44.1 Å². The number of likely N-dealkylation sites (tertiary alicyclic amines) is 1. The van der Waals surface area contributed by atoms with Crippen LogP contribution in [0.3, 0.4) is 0 Å². The van der Waals surface area contributed by atoms with Gasteiger partial charge in [0.2, 0.25) is 17.7 Å². The van der Waals surface area contributed by atoms with Crippen LogP contribution in [0.25, 0.3) is 11.1 Å². The minimum absolute atomic E-state index is 0.00697. The summed E-state index contributed by atoms with van der Waals surface area (Å²) in [5.41, 5.74) is 6.92. The molecule has 1 N–H and O–H groups in total. The van der Waals surface area contributed by atoms with E-state index in [2.05, 4.69) is 10.2 Å². The number of benzene rings is 2. The molecule has 304 valence electrons. The van der Waals surface area contributed by atoms with E-state index in [4.69, 9.17) is 9.47 Å². The number of hydrogen-bond acceptors (Lipinski definition) is 9. The number of rotatable bonds is 10. The number of amides is 3. The molecule has 2 unspecified atom stereocenters. The number of aryl methyl sites for hydroxylation is 1. The lowest BCUT2D eigenvalue weighted by Crippen LogP contribution is -2.61. The molecule has 12 nitrogen and oxygen atoms in total. The van der Waals surface area contributed by atoms with E-state index in [1.807, 2.05) is 55.3 Å². The van der Waals surface area contributed by atoms with Gasteiger partial charge in [0, 0.05) is 82.3 Å². The number of aromatic nitrogens is 1. The number of piperazine rings is 1. The van der Waals surface area contributed by atoms with Gasteiger partial charge >= 0.3 is 0 Å². The van der Waals surface area contributed by atoms with Crippen molar-refractivity contribution in [1.82, 2.24) is 24.6 Å². The molecular formula is C43H52F2N6O6. The van der Waals surface area contributed by atoms with Crippen molar-refractivity contribution < 1.29 is 32.6 Å². The van der Waals surface area contributed by atoms with Gasteiger partial charge in [-0.1, -0.05) is 12.1 Å². The van der Waals surface area contributed by atoms with Crippen LogP contribution in [-0.2, 0) is 34.5 Å². The Morgan fingerprint density at radius 3 is 2.21 bits per heavy atom. The average molecular weight is 787 g/mol. The molecule has 2 aromatic carbocycles. The van der Waals surface area contributed by atoms with Gasteiger partial charge in [0.15, 0.2) is 0 Å². The van der Waals surface area contributed by atoms with Crippen LogP contribution < -0.4 is 25.2 Å². The number of hydrogen-bond donors (Lipinski definition) is 1. The molecule has 4 aliphatic heterocycles. The van der Waals surface area contributed by atoms with Gasteiger partial charge in [-0.05, 0) is 85.9 Å². The number of imide groups is 1. The smallest absolute Gasteiger partial charge is 0.275 e. The monoisotopic (exact) mass is 786 g/mol. The Hall–Kier alpha value is -4.66. The van der Waals surface area contributed by atoms with Gasteiger partial charge in [-0.2, -0.15) is 0 Å². The molecule has 3 amide bonds. The van der Waals surface area contributed by atoms with Crippen LogP contribution in [-0.4, -0.2) is 108 Å². The minimum atomic E-state index is -2.94. The molecule has 1 saturated carbocycles. The van der Waals surface area contributed by atoms with Crippen molar-refractivity contribution in [3.63, 3.8) is 0 Å². The summed E-state index contributed by atoms with van der Waals surface area (Å²) >= 11 is 0. The number of methoxy groups -OCH3 is 2. The van der Waals surface area contributed by atoms with Gasteiger partial charge in [-0.15, -0.1) is 0 Å². The Labute approximate surface area is 331 Å². The lowest BCUT2D eigenvalue weighted by Gasteiger charge is -2.46. The third-order valence-corrected chi connectivity index (χ3v) is 12.8. The summed E-state index contributed by atoms with van der Waals surface area (Å²) in [7, 11) is 4.92. The highest BCUT2D eigenvalue weighted by Crippen LogP contribution is 2.47. The van der Waals surface area contributed by atoms with E-state index in [0.29, 0.717) is 74.4 Å². The van der Waals surface area contributed by atoms with Crippen molar-refractivity contribution in [2.75, 3.05) is 58.4 Å². The van der Waals surface area contributed by atoms with Gasteiger partial charge in [-0.25, -0.2) is 8.78 Å². The van der Waals surface area contributed by atoms with Crippen molar-refractivity contribution in [2.24, 2.45) is 7.05 Å². The molecule has 8 rings (SSSR count). The highest BCUT2D eigenvalue weighted by molar-refractivity contribution is 6.12. The van der Waals surface area contributed by atoms with Gasteiger partial charge in [0.05, 0.1) is 38.3 Å². The third-order valence-electron chi connectivity index (χ3n) is 12.8. The van der Waals surface area contributed by atoms with E-state index in [1.54, 1.807) is 35.6 Å². The average Bonchev–Trinajstić information content (AvgIpc) is 3.99. The van der Waals surface area contributed by atoms with Gasteiger partial charge < -0.3 is 14.0 Å². The predicted molar refractivity (Wildman–Crippen MR) is 211 cm³/mol. The number of alkyl halides is 2. The summed E-state index contributed by atoms with van der Waals surface area (Å²) in [6.45, 7) is 6.88. The van der Waals surface area contributed by atoms with Crippen LogP contribution in [0.4, 0.5) is 14.5 Å². The number of nitrogens with zero attached hydrogens (tertiary/aromatic N) is 5.